The molecule has 3 atom stereocenters. The number of ether oxygens (including phenoxy) is 1. The number of amides is 2. The molecule has 2 fully saturated rings. The zero-order chi connectivity index (χ0) is 23.7. The van der Waals surface area contributed by atoms with Crippen LogP contribution in [0.25, 0.3) is 10.8 Å². The standard InChI is InChI=1S/C27H26N2O5/c30-21-11-7-17(8-12-21)14-22(27(33)29-13-3-6-24-25(29)23(31)16-34-24)28-26(32)20-10-9-18-4-1-2-5-19(18)15-20/h1-2,4-5,7-12,15,22,24-25,30H,3,6,13-14,16H2,(H,28,32). The summed E-state index contributed by atoms with van der Waals surface area (Å²) in [7, 11) is 0. The van der Waals surface area contributed by atoms with E-state index in [9.17, 15) is 19.5 Å². The van der Waals surface area contributed by atoms with Crippen molar-refractivity contribution >= 4 is 28.4 Å². The van der Waals surface area contributed by atoms with E-state index in [4.69, 9.17) is 4.74 Å². The van der Waals surface area contributed by atoms with Crippen LogP contribution in [0.15, 0.2) is 66.7 Å². The first kappa shape index (κ1) is 22.1. The third kappa shape index (κ3) is 4.39. The highest BCUT2D eigenvalue weighted by atomic mass is 16.5. The van der Waals surface area contributed by atoms with Crippen LogP contribution in [0, 0.1) is 0 Å². The number of carbonyl (C=O) groups excluding carboxylic acids is 3. The van der Waals surface area contributed by atoms with Crippen LogP contribution < -0.4 is 5.32 Å². The zero-order valence-corrected chi connectivity index (χ0v) is 18.6. The van der Waals surface area contributed by atoms with Crippen LogP contribution in [0.3, 0.4) is 0 Å². The molecular formula is C27H26N2O5. The second-order valence-corrected chi connectivity index (χ2v) is 8.89. The Morgan fingerprint density at radius 3 is 2.62 bits per heavy atom. The minimum absolute atomic E-state index is 0.0190. The second kappa shape index (κ2) is 9.27. The van der Waals surface area contributed by atoms with Crippen molar-refractivity contribution in [2.75, 3.05) is 13.2 Å². The van der Waals surface area contributed by atoms with Gasteiger partial charge in [0.2, 0.25) is 5.91 Å². The normalized spacial score (nSPS) is 20.7. The first-order valence-electron chi connectivity index (χ1n) is 11.5. The minimum atomic E-state index is -0.865. The fourth-order valence-electron chi connectivity index (χ4n) is 4.88. The average Bonchev–Trinajstić information content (AvgIpc) is 3.25. The maximum Gasteiger partial charge on any atom is 0.251 e. The van der Waals surface area contributed by atoms with Gasteiger partial charge in [-0.1, -0.05) is 42.5 Å². The number of ketones is 1. The number of likely N-dealkylation sites (tertiary alicyclic amines) is 1. The Kier molecular flexibility index (Phi) is 6.02. The van der Waals surface area contributed by atoms with Crippen molar-refractivity contribution in [3.8, 4) is 5.75 Å². The summed E-state index contributed by atoms with van der Waals surface area (Å²) in [5.74, 6) is -0.622. The Hall–Kier alpha value is -3.71. The van der Waals surface area contributed by atoms with Crippen LogP contribution in [0.2, 0.25) is 0 Å². The number of Topliss-reactive ketones (excluding diaryl/α,β-unsaturated/α-hetero) is 1. The van der Waals surface area contributed by atoms with Gasteiger partial charge in [0, 0.05) is 18.5 Å². The third-order valence-corrected chi connectivity index (χ3v) is 6.62. The van der Waals surface area contributed by atoms with E-state index in [1.165, 1.54) is 0 Å². The van der Waals surface area contributed by atoms with Gasteiger partial charge in [0.25, 0.3) is 5.91 Å². The Bertz CT molecular complexity index is 1240. The van der Waals surface area contributed by atoms with Gasteiger partial charge in [0.05, 0.1) is 6.10 Å². The molecule has 2 heterocycles. The first-order valence-corrected chi connectivity index (χ1v) is 11.5. The molecule has 3 aromatic rings. The van der Waals surface area contributed by atoms with Gasteiger partial charge in [0.1, 0.15) is 24.4 Å². The molecule has 2 aliphatic heterocycles. The highest BCUT2D eigenvalue weighted by Crippen LogP contribution is 2.27. The van der Waals surface area contributed by atoms with E-state index in [0.29, 0.717) is 12.1 Å². The quantitative estimate of drug-likeness (QED) is 0.613. The molecule has 2 saturated heterocycles. The third-order valence-electron chi connectivity index (χ3n) is 6.62. The molecule has 3 unspecified atom stereocenters. The molecule has 3 aromatic carbocycles. The van der Waals surface area contributed by atoms with Crippen LogP contribution in [-0.2, 0) is 20.7 Å². The van der Waals surface area contributed by atoms with Gasteiger partial charge < -0.3 is 20.1 Å². The molecule has 0 saturated carbocycles. The van der Waals surface area contributed by atoms with Crippen molar-refractivity contribution in [1.29, 1.82) is 0 Å². The lowest BCUT2D eigenvalue weighted by Crippen LogP contribution is -2.58. The summed E-state index contributed by atoms with van der Waals surface area (Å²) in [6.45, 7) is 0.470. The summed E-state index contributed by atoms with van der Waals surface area (Å²) in [5.41, 5.74) is 1.25. The Morgan fingerprint density at radius 2 is 1.82 bits per heavy atom. The molecule has 7 heteroatoms. The van der Waals surface area contributed by atoms with Crippen LogP contribution in [-0.4, -0.2) is 58.9 Å². The molecule has 0 radical (unpaired) electrons. The van der Waals surface area contributed by atoms with Crippen molar-refractivity contribution in [2.45, 2.75) is 37.5 Å². The molecule has 0 bridgehead atoms. The molecule has 2 N–H and O–H groups in total. The summed E-state index contributed by atoms with van der Waals surface area (Å²) in [6.07, 6.45) is 1.44. The lowest BCUT2D eigenvalue weighted by atomic mass is 9.95. The molecule has 34 heavy (non-hydrogen) atoms. The molecule has 5 rings (SSSR count). The number of piperidine rings is 1. The lowest BCUT2D eigenvalue weighted by molar-refractivity contribution is -0.142. The smallest absolute Gasteiger partial charge is 0.251 e. The number of nitrogens with one attached hydrogen (secondary N) is 1. The summed E-state index contributed by atoms with van der Waals surface area (Å²) in [6, 6.07) is 18.3. The number of aromatic hydroxyl groups is 1. The van der Waals surface area contributed by atoms with E-state index in [1.54, 1.807) is 41.3 Å². The fourth-order valence-corrected chi connectivity index (χ4v) is 4.88. The van der Waals surface area contributed by atoms with Gasteiger partial charge in [-0.25, -0.2) is 0 Å². The highest BCUT2D eigenvalue weighted by molar-refractivity contribution is 6.01. The molecule has 0 spiro atoms. The zero-order valence-electron chi connectivity index (χ0n) is 18.6. The van der Waals surface area contributed by atoms with Crippen LogP contribution in [0.1, 0.15) is 28.8 Å². The van der Waals surface area contributed by atoms with Crippen molar-refractivity contribution in [3.63, 3.8) is 0 Å². The number of phenols is 1. The van der Waals surface area contributed by atoms with E-state index in [0.717, 1.165) is 29.2 Å². The maximum absolute atomic E-state index is 13.7. The largest absolute Gasteiger partial charge is 0.508 e. The first-order chi connectivity index (χ1) is 16.5. The van der Waals surface area contributed by atoms with Crippen LogP contribution >= 0.6 is 0 Å². The molecule has 2 amide bonds. The van der Waals surface area contributed by atoms with Gasteiger partial charge >= 0.3 is 0 Å². The second-order valence-electron chi connectivity index (χ2n) is 8.89. The predicted molar refractivity (Wildman–Crippen MR) is 126 cm³/mol. The van der Waals surface area contributed by atoms with Crippen molar-refractivity contribution < 1.29 is 24.2 Å². The fraction of sp³-hybridized carbons (Fsp3) is 0.296. The predicted octanol–water partition coefficient (Wildman–Crippen LogP) is 2.85. The van der Waals surface area contributed by atoms with Crippen molar-refractivity contribution in [1.82, 2.24) is 10.2 Å². The van der Waals surface area contributed by atoms with E-state index in [-0.39, 0.29) is 42.5 Å². The van der Waals surface area contributed by atoms with Gasteiger partial charge in [-0.15, -0.1) is 0 Å². The average molecular weight is 459 g/mol. The summed E-state index contributed by atoms with van der Waals surface area (Å²) in [5, 5.41) is 14.5. The Morgan fingerprint density at radius 1 is 1.06 bits per heavy atom. The SMILES string of the molecule is O=C(NC(Cc1ccc(O)cc1)C(=O)N1CCCC2OCC(=O)C21)c1ccc2ccccc2c1. The molecule has 174 valence electrons. The van der Waals surface area contributed by atoms with E-state index >= 15 is 0 Å². The number of benzene rings is 3. The van der Waals surface area contributed by atoms with E-state index < -0.39 is 12.1 Å². The molecular weight excluding hydrogens is 432 g/mol. The van der Waals surface area contributed by atoms with E-state index in [2.05, 4.69) is 5.32 Å². The molecule has 0 aliphatic carbocycles. The van der Waals surface area contributed by atoms with E-state index in [1.807, 2.05) is 30.3 Å². The monoisotopic (exact) mass is 458 g/mol. The molecule has 0 aromatic heterocycles. The number of rotatable bonds is 5. The van der Waals surface area contributed by atoms with Crippen LogP contribution in [0.4, 0.5) is 0 Å². The van der Waals surface area contributed by atoms with Crippen LogP contribution in [0.5, 0.6) is 5.75 Å². The number of carbonyl (C=O) groups is 3. The summed E-state index contributed by atoms with van der Waals surface area (Å²) >= 11 is 0. The Balaban J connectivity index is 1.42. The minimum Gasteiger partial charge on any atom is -0.508 e. The number of hydrogen-bond donors (Lipinski definition) is 2. The number of nitrogens with zero attached hydrogens (tertiary/aromatic N) is 1. The topological polar surface area (TPSA) is 95.9 Å². The molecule has 7 nitrogen and oxygen atoms in total. The number of phenolic OH excluding ortho intramolecular Hbond substituents is 1. The molecule has 2 aliphatic rings. The number of fused-ring (bicyclic) bond motifs is 2. The van der Waals surface area contributed by atoms with Gasteiger partial charge in [-0.05, 0) is 53.4 Å². The lowest BCUT2D eigenvalue weighted by Gasteiger charge is -2.37. The summed E-state index contributed by atoms with van der Waals surface area (Å²) < 4.78 is 5.59. The van der Waals surface area contributed by atoms with Gasteiger partial charge in [0.15, 0.2) is 5.78 Å². The van der Waals surface area contributed by atoms with Gasteiger partial charge in [-0.3, -0.25) is 14.4 Å². The maximum atomic E-state index is 13.7. The van der Waals surface area contributed by atoms with Crippen molar-refractivity contribution in [3.05, 3.63) is 77.9 Å². The van der Waals surface area contributed by atoms with Crippen molar-refractivity contribution in [2.24, 2.45) is 0 Å². The van der Waals surface area contributed by atoms with Gasteiger partial charge in [-0.2, -0.15) is 0 Å². The summed E-state index contributed by atoms with van der Waals surface area (Å²) in [4.78, 5) is 41.0. The Labute approximate surface area is 197 Å². The highest BCUT2D eigenvalue weighted by Gasteiger charge is 2.45. The number of hydrogen-bond acceptors (Lipinski definition) is 5.